The number of ether oxygens (including phenoxy) is 1. The topological polar surface area (TPSA) is 114 Å². The van der Waals surface area contributed by atoms with Gasteiger partial charge in [0, 0.05) is 11.1 Å². The zero-order chi connectivity index (χ0) is 23.1. The number of amides is 1. The standard InChI is InChI=1S/C23H24ClN3O5/c1-3-31-22(29)14(2)11-19(25-21(28)20-26-23(30)32-27-20)12-15-7-9-16(10-8-15)17-5-4-6-18(24)13-17/h4-10,13-14,19H,3,11-12H2,1-2H3,(H,25,28)(H,26,27,30)/t14-,19?/m1/s1. The van der Waals surface area contributed by atoms with Gasteiger partial charge in [0.15, 0.2) is 0 Å². The molecule has 9 heteroatoms. The molecule has 32 heavy (non-hydrogen) atoms. The number of hydrogen-bond acceptors (Lipinski definition) is 6. The fourth-order valence-electron chi connectivity index (χ4n) is 3.37. The molecule has 0 fully saturated rings. The van der Waals surface area contributed by atoms with Crippen LogP contribution in [-0.2, 0) is 16.0 Å². The number of benzene rings is 2. The van der Waals surface area contributed by atoms with Gasteiger partial charge in [-0.25, -0.2) is 4.79 Å². The van der Waals surface area contributed by atoms with Crippen LogP contribution in [0.4, 0.5) is 0 Å². The van der Waals surface area contributed by atoms with Crippen LogP contribution in [0, 0.1) is 5.92 Å². The molecular formula is C23H24ClN3O5. The summed E-state index contributed by atoms with van der Waals surface area (Å²) in [5, 5.41) is 6.89. The summed E-state index contributed by atoms with van der Waals surface area (Å²) in [6, 6.07) is 15.0. The highest BCUT2D eigenvalue weighted by atomic mass is 35.5. The first kappa shape index (κ1) is 23.3. The van der Waals surface area contributed by atoms with Gasteiger partial charge in [-0.05, 0) is 53.7 Å². The number of aromatic nitrogens is 2. The molecule has 0 bridgehead atoms. The summed E-state index contributed by atoms with van der Waals surface area (Å²) in [4.78, 5) is 37.9. The fourth-order valence-corrected chi connectivity index (χ4v) is 3.56. The lowest BCUT2D eigenvalue weighted by Gasteiger charge is -2.21. The number of hydrogen-bond donors (Lipinski definition) is 2. The van der Waals surface area contributed by atoms with Gasteiger partial charge in [-0.15, -0.1) is 0 Å². The predicted molar refractivity (Wildman–Crippen MR) is 119 cm³/mol. The normalized spacial score (nSPS) is 12.7. The summed E-state index contributed by atoms with van der Waals surface area (Å²) in [6.45, 7) is 3.77. The lowest BCUT2D eigenvalue weighted by atomic mass is 9.95. The summed E-state index contributed by atoms with van der Waals surface area (Å²) in [7, 11) is 0. The van der Waals surface area contributed by atoms with Crippen LogP contribution in [0.25, 0.3) is 11.1 Å². The smallest absolute Gasteiger partial charge is 0.439 e. The molecule has 0 radical (unpaired) electrons. The van der Waals surface area contributed by atoms with Crippen LogP contribution < -0.4 is 11.1 Å². The Labute approximate surface area is 189 Å². The van der Waals surface area contributed by atoms with Gasteiger partial charge in [0.05, 0.1) is 12.5 Å². The maximum atomic E-state index is 12.5. The minimum atomic E-state index is -0.816. The summed E-state index contributed by atoms with van der Waals surface area (Å²) < 4.78 is 9.48. The Bertz CT molecular complexity index is 1120. The van der Waals surface area contributed by atoms with E-state index < -0.39 is 23.6 Å². The number of halogens is 1. The number of aromatic amines is 1. The lowest BCUT2D eigenvalue weighted by Crippen LogP contribution is -2.39. The SMILES string of the molecule is CCOC(=O)[C@H](C)CC(Cc1ccc(-c2cccc(Cl)c2)cc1)NC(=O)c1noc(=O)[nH]1. The minimum absolute atomic E-state index is 0.222. The molecule has 2 N–H and O–H groups in total. The number of nitrogens with zero attached hydrogens (tertiary/aromatic N) is 1. The van der Waals surface area contributed by atoms with Crippen LogP contribution in [0.1, 0.15) is 36.5 Å². The Balaban J connectivity index is 1.75. The summed E-state index contributed by atoms with van der Waals surface area (Å²) >= 11 is 6.08. The Morgan fingerprint density at radius 1 is 1.19 bits per heavy atom. The highest BCUT2D eigenvalue weighted by Crippen LogP contribution is 2.24. The van der Waals surface area contributed by atoms with Crippen LogP contribution in [0.2, 0.25) is 5.02 Å². The van der Waals surface area contributed by atoms with Crippen LogP contribution in [0.15, 0.2) is 57.8 Å². The second-order valence-corrected chi connectivity index (χ2v) is 7.85. The molecular weight excluding hydrogens is 434 g/mol. The van der Waals surface area contributed by atoms with Gasteiger partial charge in [0.1, 0.15) is 0 Å². The van der Waals surface area contributed by atoms with Crippen molar-refractivity contribution in [2.75, 3.05) is 6.61 Å². The number of H-pyrrole nitrogens is 1. The summed E-state index contributed by atoms with van der Waals surface area (Å²) in [5.74, 6) is -2.39. The van der Waals surface area contributed by atoms with Crippen LogP contribution in [0.5, 0.6) is 0 Å². The Kier molecular flexibility index (Phi) is 7.83. The number of carbonyl (C=O) groups excluding carboxylic acids is 2. The molecule has 8 nitrogen and oxygen atoms in total. The van der Waals surface area contributed by atoms with Crippen molar-refractivity contribution < 1.29 is 18.8 Å². The molecule has 1 amide bonds. The van der Waals surface area contributed by atoms with E-state index in [1.807, 2.05) is 48.5 Å². The predicted octanol–water partition coefficient (Wildman–Crippen LogP) is 3.61. The van der Waals surface area contributed by atoms with Gasteiger partial charge in [-0.1, -0.05) is 54.9 Å². The molecule has 0 aliphatic carbocycles. The molecule has 3 aromatic rings. The average molecular weight is 458 g/mol. The maximum absolute atomic E-state index is 12.5. The van der Waals surface area contributed by atoms with E-state index in [1.165, 1.54) is 0 Å². The fraction of sp³-hybridized carbons (Fsp3) is 0.304. The number of nitrogens with one attached hydrogen (secondary N) is 2. The first-order valence-electron chi connectivity index (χ1n) is 10.2. The first-order chi connectivity index (χ1) is 15.4. The van der Waals surface area contributed by atoms with E-state index in [2.05, 4.69) is 20.0 Å². The van der Waals surface area contributed by atoms with E-state index in [0.29, 0.717) is 17.9 Å². The van der Waals surface area contributed by atoms with Gasteiger partial charge in [-0.2, -0.15) is 0 Å². The second-order valence-electron chi connectivity index (χ2n) is 7.41. The van der Waals surface area contributed by atoms with Gasteiger partial charge in [0.2, 0.25) is 5.82 Å². The van der Waals surface area contributed by atoms with E-state index in [4.69, 9.17) is 16.3 Å². The van der Waals surface area contributed by atoms with Gasteiger partial charge in [-0.3, -0.25) is 19.1 Å². The van der Waals surface area contributed by atoms with Gasteiger partial charge >= 0.3 is 11.7 Å². The van der Waals surface area contributed by atoms with E-state index in [0.717, 1.165) is 16.7 Å². The van der Waals surface area contributed by atoms with Crippen molar-refractivity contribution in [2.45, 2.75) is 32.7 Å². The maximum Gasteiger partial charge on any atom is 0.439 e. The zero-order valence-electron chi connectivity index (χ0n) is 17.8. The van der Waals surface area contributed by atoms with Crippen LogP contribution in [-0.4, -0.2) is 34.7 Å². The van der Waals surface area contributed by atoms with Crippen LogP contribution in [0.3, 0.4) is 0 Å². The van der Waals surface area contributed by atoms with Crippen molar-refractivity contribution in [3.8, 4) is 11.1 Å². The largest absolute Gasteiger partial charge is 0.466 e. The molecule has 1 aromatic heterocycles. The average Bonchev–Trinajstić information content (AvgIpc) is 3.21. The molecule has 2 atom stereocenters. The van der Waals surface area contributed by atoms with Crippen molar-refractivity contribution in [1.82, 2.24) is 15.5 Å². The van der Waals surface area contributed by atoms with Crippen LogP contribution >= 0.6 is 11.6 Å². The number of esters is 1. The highest BCUT2D eigenvalue weighted by Gasteiger charge is 2.23. The number of rotatable bonds is 9. The molecule has 2 aromatic carbocycles. The third-order valence-corrected chi connectivity index (χ3v) is 5.15. The zero-order valence-corrected chi connectivity index (χ0v) is 18.5. The Hall–Kier alpha value is -3.39. The monoisotopic (exact) mass is 457 g/mol. The third-order valence-electron chi connectivity index (χ3n) is 4.91. The molecule has 0 aliphatic heterocycles. The summed E-state index contributed by atoms with van der Waals surface area (Å²) in [5.41, 5.74) is 2.97. The van der Waals surface area contributed by atoms with Crippen molar-refractivity contribution in [3.05, 3.63) is 75.5 Å². The summed E-state index contributed by atoms with van der Waals surface area (Å²) in [6.07, 6.45) is 0.816. The molecule has 168 valence electrons. The van der Waals surface area contributed by atoms with E-state index >= 15 is 0 Å². The molecule has 0 saturated carbocycles. The van der Waals surface area contributed by atoms with E-state index in [9.17, 15) is 14.4 Å². The Morgan fingerprint density at radius 2 is 1.94 bits per heavy atom. The van der Waals surface area contributed by atoms with Crippen molar-refractivity contribution in [2.24, 2.45) is 5.92 Å². The van der Waals surface area contributed by atoms with Crippen molar-refractivity contribution in [1.29, 1.82) is 0 Å². The van der Waals surface area contributed by atoms with E-state index in [1.54, 1.807) is 13.8 Å². The molecule has 1 unspecified atom stereocenters. The molecule has 1 heterocycles. The third kappa shape index (κ3) is 6.31. The number of carbonyl (C=O) groups is 2. The quantitative estimate of drug-likeness (QED) is 0.474. The molecule has 0 aliphatic rings. The second kappa shape index (κ2) is 10.8. The molecule has 3 rings (SSSR count). The van der Waals surface area contributed by atoms with E-state index in [-0.39, 0.29) is 18.4 Å². The molecule has 0 saturated heterocycles. The minimum Gasteiger partial charge on any atom is -0.466 e. The first-order valence-corrected chi connectivity index (χ1v) is 10.6. The Morgan fingerprint density at radius 3 is 2.56 bits per heavy atom. The lowest BCUT2D eigenvalue weighted by molar-refractivity contribution is -0.147. The van der Waals surface area contributed by atoms with Crippen molar-refractivity contribution in [3.63, 3.8) is 0 Å². The highest BCUT2D eigenvalue weighted by molar-refractivity contribution is 6.30. The van der Waals surface area contributed by atoms with Gasteiger partial charge < -0.3 is 10.1 Å². The molecule has 0 spiro atoms. The van der Waals surface area contributed by atoms with Crippen molar-refractivity contribution >= 4 is 23.5 Å². The van der Waals surface area contributed by atoms with Gasteiger partial charge in [0.25, 0.3) is 5.91 Å².